The van der Waals surface area contributed by atoms with Crippen molar-refractivity contribution in [3.63, 3.8) is 0 Å². The minimum Gasteiger partial charge on any atom is -0.493 e. The summed E-state index contributed by atoms with van der Waals surface area (Å²) in [5.41, 5.74) is 3.49. The lowest BCUT2D eigenvalue weighted by molar-refractivity contribution is 0.172. The van der Waals surface area contributed by atoms with E-state index < -0.39 is 0 Å². The van der Waals surface area contributed by atoms with Crippen molar-refractivity contribution in [2.75, 3.05) is 45.8 Å². The van der Waals surface area contributed by atoms with Crippen molar-refractivity contribution in [2.24, 2.45) is 4.99 Å². The molecule has 0 unspecified atom stereocenters. The van der Waals surface area contributed by atoms with E-state index in [0.717, 1.165) is 43.5 Å². The van der Waals surface area contributed by atoms with Crippen LogP contribution >= 0.6 is 24.0 Å². The van der Waals surface area contributed by atoms with E-state index >= 15 is 0 Å². The number of benzene rings is 2. The van der Waals surface area contributed by atoms with Crippen LogP contribution < -0.4 is 15.4 Å². The van der Waals surface area contributed by atoms with Gasteiger partial charge in [-0.2, -0.15) is 0 Å². The predicted molar refractivity (Wildman–Crippen MR) is 141 cm³/mol. The van der Waals surface area contributed by atoms with Crippen LogP contribution in [0.5, 0.6) is 5.75 Å². The fourth-order valence-corrected chi connectivity index (χ4v) is 3.03. The van der Waals surface area contributed by atoms with E-state index in [9.17, 15) is 0 Å². The first-order chi connectivity index (χ1) is 14.7. The first-order valence-electron chi connectivity index (χ1n) is 10.7. The van der Waals surface area contributed by atoms with Gasteiger partial charge in [0.1, 0.15) is 5.75 Å². The van der Waals surface area contributed by atoms with Gasteiger partial charge in [-0.1, -0.05) is 44.2 Å². The van der Waals surface area contributed by atoms with Gasteiger partial charge in [0.15, 0.2) is 5.96 Å². The van der Waals surface area contributed by atoms with Crippen LogP contribution in [0.1, 0.15) is 31.4 Å². The highest BCUT2D eigenvalue weighted by molar-refractivity contribution is 14.0. The molecule has 0 aliphatic carbocycles. The van der Waals surface area contributed by atoms with E-state index in [2.05, 4.69) is 58.6 Å². The molecule has 0 spiro atoms. The van der Waals surface area contributed by atoms with Crippen molar-refractivity contribution < 1.29 is 9.47 Å². The lowest BCUT2D eigenvalue weighted by atomic mass is 10.1. The van der Waals surface area contributed by atoms with Crippen molar-refractivity contribution in [1.29, 1.82) is 0 Å². The second-order valence-corrected chi connectivity index (χ2v) is 7.05. The van der Waals surface area contributed by atoms with Crippen molar-refractivity contribution in [1.82, 2.24) is 10.2 Å². The summed E-state index contributed by atoms with van der Waals surface area (Å²) < 4.78 is 10.8. The average molecular weight is 540 g/mol. The van der Waals surface area contributed by atoms with Crippen LogP contribution in [0.15, 0.2) is 53.5 Å². The van der Waals surface area contributed by atoms with Gasteiger partial charge in [0, 0.05) is 52.0 Å². The molecule has 31 heavy (non-hydrogen) atoms. The number of methoxy groups -OCH3 is 1. The molecule has 0 saturated heterocycles. The molecule has 2 rings (SSSR count). The second-order valence-electron chi connectivity index (χ2n) is 7.05. The molecular weight excluding hydrogens is 503 g/mol. The van der Waals surface area contributed by atoms with E-state index in [1.165, 1.54) is 11.1 Å². The van der Waals surface area contributed by atoms with Crippen LogP contribution in [0.25, 0.3) is 0 Å². The molecule has 2 N–H and O–H groups in total. The zero-order valence-corrected chi connectivity index (χ0v) is 21.5. The maximum Gasteiger partial charge on any atom is 0.195 e. The Morgan fingerprint density at radius 1 is 1.00 bits per heavy atom. The lowest BCUT2D eigenvalue weighted by Gasteiger charge is -2.18. The average Bonchev–Trinajstić information content (AvgIpc) is 2.79. The summed E-state index contributed by atoms with van der Waals surface area (Å²) in [6.45, 7) is 9.57. The molecule has 0 aliphatic heterocycles. The number of nitrogens with one attached hydrogen (secondary N) is 2. The summed E-state index contributed by atoms with van der Waals surface area (Å²) in [6.07, 6.45) is 0.866. The quantitative estimate of drug-likeness (QED) is 0.176. The molecule has 172 valence electrons. The summed E-state index contributed by atoms with van der Waals surface area (Å²) in [4.78, 5) is 6.74. The fourth-order valence-electron chi connectivity index (χ4n) is 3.03. The van der Waals surface area contributed by atoms with Crippen LogP contribution in [-0.2, 0) is 17.8 Å². The molecule has 0 aliphatic rings. The number of hydrogen-bond acceptors (Lipinski definition) is 4. The summed E-state index contributed by atoms with van der Waals surface area (Å²) in [7, 11) is 3.47. The van der Waals surface area contributed by atoms with Gasteiger partial charge in [-0.15, -0.1) is 24.0 Å². The van der Waals surface area contributed by atoms with Gasteiger partial charge < -0.3 is 20.1 Å². The van der Waals surface area contributed by atoms with Gasteiger partial charge in [0.2, 0.25) is 0 Å². The molecule has 0 bridgehead atoms. The van der Waals surface area contributed by atoms with Crippen molar-refractivity contribution in [3.8, 4) is 5.75 Å². The highest BCUT2D eigenvalue weighted by Crippen LogP contribution is 2.17. The van der Waals surface area contributed by atoms with Crippen molar-refractivity contribution in [2.45, 2.75) is 33.4 Å². The Bertz CT molecular complexity index is 764. The Kier molecular flexibility index (Phi) is 13.9. The summed E-state index contributed by atoms with van der Waals surface area (Å²) in [6, 6.07) is 16.6. The summed E-state index contributed by atoms with van der Waals surface area (Å²) in [5, 5.41) is 6.69. The number of ether oxygens (including phenoxy) is 2. The van der Waals surface area contributed by atoms with Crippen LogP contribution in [0.2, 0.25) is 0 Å². The molecule has 2 aromatic rings. The molecule has 7 heteroatoms. The molecule has 6 nitrogen and oxygen atoms in total. The Hall–Kier alpha value is -1.84. The molecule has 0 aromatic heterocycles. The maximum atomic E-state index is 5.76. The van der Waals surface area contributed by atoms with E-state index in [0.29, 0.717) is 19.8 Å². The number of anilines is 1. The molecule has 0 radical (unpaired) electrons. The Morgan fingerprint density at radius 3 is 2.35 bits per heavy atom. The molecule has 0 saturated carbocycles. The monoisotopic (exact) mass is 540 g/mol. The largest absolute Gasteiger partial charge is 0.493 e. The predicted octanol–water partition coefficient (Wildman–Crippen LogP) is 4.75. The number of guanidine groups is 1. The maximum absolute atomic E-state index is 5.76. The van der Waals surface area contributed by atoms with Gasteiger partial charge in [-0.05, 0) is 36.3 Å². The van der Waals surface area contributed by atoms with Crippen molar-refractivity contribution in [3.05, 3.63) is 59.7 Å². The third kappa shape index (κ3) is 10.3. The fraction of sp³-hybridized carbons (Fsp3) is 0.458. The van der Waals surface area contributed by atoms with E-state index in [-0.39, 0.29) is 24.0 Å². The molecule has 0 amide bonds. The van der Waals surface area contributed by atoms with Crippen molar-refractivity contribution >= 4 is 35.6 Å². The number of halogens is 1. The Morgan fingerprint density at radius 2 is 1.71 bits per heavy atom. The molecular formula is C24H37IN4O2. The van der Waals surface area contributed by atoms with Crippen LogP contribution in [0.3, 0.4) is 0 Å². The second kappa shape index (κ2) is 15.9. The summed E-state index contributed by atoms with van der Waals surface area (Å²) in [5.74, 6) is 1.55. The van der Waals surface area contributed by atoms with Crippen LogP contribution in [-0.4, -0.2) is 51.3 Å². The molecule has 0 heterocycles. The topological polar surface area (TPSA) is 58.1 Å². The number of hydrogen-bond donors (Lipinski definition) is 2. The first-order valence-corrected chi connectivity index (χ1v) is 10.7. The highest BCUT2D eigenvalue weighted by atomic mass is 127. The van der Waals surface area contributed by atoms with Crippen LogP contribution in [0, 0.1) is 0 Å². The van der Waals surface area contributed by atoms with Gasteiger partial charge in [-0.25, -0.2) is 0 Å². The molecule has 0 atom stereocenters. The van der Waals surface area contributed by atoms with Gasteiger partial charge in [0.25, 0.3) is 0 Å². The molecule has 0 fully saturated rings. The van der Waals surface area contributed by atoms with Gasteiger partial charge >= 0.3 is 0 Å². The van der Waals surface area contributed by atoms with E-state index in [4.69, 9.17) is 9.47 Å². The smallest absolute Gasteiger partial charge is 0.195 e. The third-order valence-corrected chi connectivity index (χ3v) is 4.87. The molecule has 2 aromatic carbocycles. The summed E-state index contributed by atoms with van der Waals surface area (Å²) >= 11 is 0. The lowest BCUT2D eigenvalue weighted by Crippen LogP contribution is -2.30. The zero-order chi connectivity index (χ0) is 21.6. The van der Waals surface area contributed by atoms with Gasteiger partial charge in [0.05, 0.1) is 6.61 Å². The van der Waals surface area contributed by atoms with E-state index in [1.54, 1.807) is 14.2 Å². The number of nitrogens with zero attached hydrogens (tertiary/aromatic N) is 2. The first kappa shape index (κ1) is 27.2. The minimum absolute atomic E-state index is 0. The number of rotatable bonds is 12. The Labute approximate surface area is 204 Å². The zero-order valence-electron chi connectivity index (χ0n) is 19.2. The SMILES string of the molecule is CCN(CC)Cc1ccc(CNC(=NC)Nc2cccc(OCCCOC)c2)cc1.I. The minimum atomic E-state index is 0. The van der Waals surface area contributed by atoms with E-state index in [1.807, 2.05) is 24.3 Å². The van der Waals surface area contributed by atoms with Crippen LogP contribution in [0.4, 0.5) is 5.69 Å². The standard InChI is InChI=1S/C24H36N4O2.HI/c1-5-28(6-2)19-21-13-11-20(12-14-21)18-26-24(25-3)27-22-9-7-10-23(17-22)30-16-8-15-29-4;/h7,9-14,17H,5-6,8,15-16,18-19H2,1-4H3,(H2,25,26,27);1H. The van der Waals surface area contributed by atoms with Gasteiger partial charge in [-0.3, -0.25) is 9.89 Å². The Balaban J connectivity index is 0.00000480. The normalized spacial score (nSPS) is 11.2. The third-order valence-electron chi connectivity index (χ3n) is 4.87. The highest BCUT2D eigenvalue weighted by Gasteiger charge is 2.04. The number of aliphatic imine (C=N–C) groups is 1.